The molecule has 2 heterocycles. The molecule has 2 N–H and O–H groups in total. The maximum absolute atomic E-state index is 12.5. The molecule has 2 aromatic heterocycles. The van der Waals surface area contributed by atoms with Gasteiger partial charge in [-0.25, -0.2) is 4.98 Å². The average Bonchev–Trinajstić information content (AvgIpc) is 3.21. The number of nitrogens with zero attached hydrogens (tertiary/aromatic N) is 2. The van der Waals surface area contributed by atoms with E-state index in [4.69, 9.17) is 4.52 Å². The molecular weight excluding hydrogens is 352 g/mol. The highest BCUT2D eigenvalue weighted by Crippen LogP contribution is 2.27. The first-order valence-corrected chi connectivity index (χ1v) is 8.83. The van der Waals surface area contributed by atoms with Gasteiger partial charge >= 0.3 is 0 Å². The van der Waals surface area contributed by atoms with Crippen LogP contribution in [0.15, 0.2) is 40.9 Å². The van der Waals surface area contributed by atoms with Crippen LogP contribution in [0.2, 0.25) is 0 Å². The van der Waals surface area contributed by atoms with E-state index in [2.05, 4.69) is 20.8 Å². The van der Waals surface area contributed by atoms with Gasteiger partial charge in [-0.2, -0.15) is 0 Å². The molecule has 0 saturated heterocycles. The molecule has 3 rings (SSSR count). The van der Waals surface area contributed by atoms with Crippen LogP contribution in [-0.2, 0) is 4.79 Å². The second-order valence-corrected chi connectivity index (χ2v) is 6.81. The third-order valence-electron chi connectivity index (χ3n) is 3.64. The fraction of sp³-hybridized carbons (Fsp3) is 0.222. The fourth-order valence-electron chi connectivity index (χ4n) is 2.30. The highest BCUT2D eigenvalue weighted by Gasteiger charge is 2.21. The van der Waals surface area contributed by atoms with Crippen molar-refractivity contribution < 1.29 is 14.1 Å². The van der Waals surface area contributed by atoms with Crippen molar-refractivity contribution in [2.24, 2.45) is 0 Å². The molecule has 0 fully saturated rings. The van der Waals surface area contributed by atoms with Gasteiger partial charge < -0.3 is 15.2 Å². The van der Waals surface area contributed by atoms with Crippen LogP contribution in [0.4, 0.5) is 5.82 Å². The number of nitrogens with one attached hydrogen (secondary N) is 2. The van der Waals surface area contributed by atoms with Crippen LogP contribution >= 0.6 is 11.3 Å². The van der Waals surface area contributed by atoms with E-state index in [1.54, 1.807) is 26.8 Å². The van der Waals surface area contributed by atoms with Crippen molar-refractivity contribution in [2.45, 2.75) is 26.8 Å². The lowest BCUT2D eigenvalue weighted by molar-refractivity contribution is -0.117. The fourth-order valence-corrected chi connectivity index (χ4v) is 3.27. The normalized spacial score (nSPS) is 11.8. The molecule has 1 atom stereocenters. The van der Waals surface area contributed by atoms with Gasteiger partial charge in [-0.05, 0) is 20.8 Å². The molecule has 26 heavy (non-hydrogen) atoms. The van der Waals surface area contributed by atoms with Crippen molar-refractivity contribution in [3.8, 4) is 10.6 Å². The van der Waals surface area contributed by atoms with Crippen molar-refractivity contribution in [2.75, 3.05) is 5.32 Å². The van der Waals surface area contributed by atoms with E-state index in [0.717, 1.165) is 10.6 Å². The lowest BCUT2D eigenvalue weighted by Gasteiger charge is -2.12. The van der Waals surface area contributed by atoms with Crippen molar-refractivity contribution in [3.05, 3.63) is 52.7 Å². The molecule has 1 aromatic carbocycles. The number of aryl methyl sites for hydroxylation is 2. The lowest BCUT2D eigenvalue weighted by Crippen LogP contribution is -2.41. The van der Waals surface area contributed by atoms with Crippen molar-refractivity contribution >= 4 is 29.0 Å². The monoisotopic (exact) mass is 370 g/mol. The number of carbonyl (C=O) groups is 2. The summed E-state index contributed by atoms with van der Waals surface area (Å²) in [6, 6.07) is 10.5. The van der Waals surface area contributed by atoms with Crippen LogP contribution in [0.1, 0.15) is 28.0 Å². The minimum atomic E-state index is -0.735. The first-order valence-electron chi connectivity index (χ1n) is 8.02. The highest BCUT2D eigenvalue weighted by molar-refractivity contribution is 7.17. The Morgan fingerprint density at radius 2 is 1.92 bits per heavy atom. The Bertz CT molecular complexity index is 933. The Morgan fingerprint density at radius 3 is 2.58 bits per heavy atom. The molecular formula is C18H18N4O3S. The summed E-state index contributed by atoms with van der Waals surface area (Å²) in [5.74, 6) is 0.193. The molecule has 0 saturated carbocycles. The zero-order chi connectivity index (χ0) is 18.7. The first-order chi connectivity index (χ1) is 12.4. The standard InChI is InChI=1S/C18H18N4O3S/c1-10-9-14(22-25-10)21-16(23)12(3)19-17(24)15-11(2)20-18(26-15)13-7-5-4-6-8-13/h4-9,12H,1-3H3,(H,19,24)(H,21,22,23)/t12-/m1/s1. The van der Waals surface area contributed by atoms with Gasteiger partial charge in [0, 0.05) is 11.6 Å². The molecule has 134 valence electrons. The van der Waals surface area contributed by atoms with Gasteiger partial charge in [-0.3, -0.25) is 9.59 Å². The first kappa shape index (κ1) is 17.8. The van der Waals surface area contributed by atoms with Crippen LogP contribution < -0.4 is 10.6 Å². The molecule has 0 bridgehead atoms. The predicted molar refractivity (Wildman–Crippen MR) is 99.1 cm³/mol. The van der Waals surface area contributed by atoms with E-state index >= 15 is 0 Å². The predicted octanol–water partition coefficient (Wildman–Crippen LogP) is 3.17. The van der Waals surface area contributed by atoms with Crippen LogP contribution in [-0.4, -0.2) is 28.0 Å². The van der Waals surface area contributed by atoms with Gasteiger partial charge in [0.15, 0.2) is 5.82 Å². The number of hydrogen-bond donors (Lipinski definition) is 2. The molecule has 2 amide bonds. The Hall–Kier alpha value is -3.00. The zero-order valence-corrected chi connectivity index (χ0v) is 15.4. The smallest absolute Gasteiger partial charge is 0.263 e. The summed E-state index contributed by atoms with van der Waals surface area (Å²) in [7, 11) is 0. The SMILES string of the molecule is Cc1cc(NC(=O)[C@@H](C)NC(=O)c2sc(-c3ccccc3)nc2C)no1. The second-order valence-electron chi connectivity index (χ2n) is 5.81. The Balaban J connectivity index is 1.67. The summed E-state index contributed by atoms with van der Waals surface area (Å²) in [5.41, 5.74) is 1.58. The summed E-state index contributed by atoms with van der Waals surface area (Å²) in [6.07, 6.45) is 0. The van der Waals surface area contributed by atoms with Gasteiger partial charge in [0.2, 0.25) is 5.91 Å². The van der Waals surface area contributed by atoms with E-state index in [1.807, 2.05) is 30.3 Å². The molecule has 7 nitrogen and oxygen atoms in total. The number of benzene rings is 1. The van der Waals surface area contributed by atoms with E-state index < -0.39 is 6.04 Å². The molecule has 0 radical (unpaired) electrons. The molecule has 3 aromatic rings. The van der Waals surface area contributed by atoms with Gasteiger partial charge in [-0.15, -0.1) is 11.3 Å². The van der Waals surface area contributed by atoms with Crippen LogP contribution in [0.5, 0.6) is 0 Å². The largest absolute Gasteiger partial charge is 0.360 e. The van der Waals surface area contributed by atoms with Crippen LogP contribution in [0, 0.1) is 13.8 Å². The lowest BCUT2D eigenvalue weighted by atomic mass is 10.2. The quantitative estimate of drug-likeness (QED) is 0.719. The highest BCUT2D eigenvalue weighted by atomic mass is 32.1. The summed E-state index contributed by atoms with van der Waals surface area (Å²) >= 11 is 1.30. The van der Waals surface area contributed by atoms with Crippen LogP contribution in [0.3, 0.4) is 0 Å². The number of anilines is 1. The van der Waals surface area contributed by atoms with Crippen molar-refractivity contribution in [1.82, 2.24) is 15.5 Å². The molecule has 0 aliphatic carbocycles. The topological polar surface area (TPSA) is 97.1 Å². The Labute approximate surface area is 154 Å². The summed E-state index contributed by atoms with van der Waals surface area (Å²) in [6.45, 7) is 5.11. The van der Waals surface area contributed by atoms with Crippen LogP contribution in [0.25, 0.3) is 10.6 Å². The van der Waals surface area contributed by atoms with E-state index in [0.29, 0.717) is 22.1 Å². The van der Waals surface area contributed by atoms with Gasteiger partial charge in [0.05, 0.1) is 5.69 Å². The van der Waals surface area contributed by atoms with Gasteiger partial charge in [0.1, 0.15) is 21.7 Å². The number of thiazole rings is 1. The number of amides is 2. The van der Waals surface area contributed by atoms with E-state index in [-0.39, 0.29) is 11.8 Å². The summed E-state index contributed by atoms with van der Waals surface area (Å²) in [5, 5.41) is 9.75. The third-order valence-corrected chi connectivity index (χ3v) is 4.85. The third kappa shape index (κ3) is 3.97. The number of carbonyl (C=O) groups excluding carboxylic acids is 2. The molecule has 0 unspecified atom stereocenters. The van der Waals surface area contributed by atoms with E-state index in [9.17, 15) is 9.59 Å². The second kappa shape index (κ2) is 7.49. The minimum Gasteiger partial charge on any atom is -0.360 e. The number of hydrogen-bond acceptors (Lipinski definition) is 6. The number of rotatable bonds is 5. The Morgan fingerprint density at radius 1 is 1.19 bits per heavy atom. The zero-order valence-electron chi connectivity index (χ0n) is 14.6. The van der Waals surface area contributed by atoms with Crippen molar-refractivity contribution in [1.29, 1.82) is 0 Å². The average molecular weight is 370 g/mol. The minimum absolute atomic E-state index is 0.314. The van der Waals surface area contributed by atoms with Gasteiger partial charge in [-0.1, -0.05) is 35.5 Å². The number of aromatic nitrogens is 2. The molecule has 0 aliphatic heterocycles. The van der Waals surface area contributed by atoms with Crippen molar-refractivity contribution in [3.63, 3.8) is 0 Å². The van der Waals surface area contributed by atoms with Gasteiger partial charge in [0.25, 0.3) is 5.91 Å². The maximum Gasteiger partial charge on any atom is 0.263 e. The molecule has 0 spiro atoms. The summed E-state index contributed by atoms with van der Waals surface area (Å²) < 4.78 is 4.90. The summed E-state index contributed by atoms with van der Waals surface area (Å²) in [4.78, 5) is 29.7. The maximum atomic E-state index is 12.5. The Kier molecular flexibility index (Phi) is 5.13. The van der Waals surface area contributed by atoms with E-state index in [1.165, 1.54) is 11.3 Å². The molecule has 0 aliphatic rings. The molecule has 8 heteroatoms.